The Kier molecular flexibility index (Phi) is 6.75. The number of nitrogens with zero attached hydrogens (tertiary/aromatic N) is 4. The monoisotopic (exact) mass is 427 g/mol. The molecule has 31 heavy (non-hydrogen) atoms. The Bertz CT molecular complexity index is 927. The quantitative estimate of drug-likeness (QED) is 0.791. The zero-order valence-electron chi connectivity index (χ0n) is 18.6. The maximum atomic E-state index is 12.6. The Hall–Kier alpha value is -2.61. The lowest BCUT2D eigenvalue weighted by molar-refractivity contribution is -0.120. The van der Waals surface area contributed by atoms with Gasteiger partial charge in [0, 0.05) is 44.8 Å². The van der Waals surface area contributed by atoms with E-state index in [9.17, 15) is 9.59 Å². The maximum Gasteiger partial charge on any atom is 0.409 e. The largest absolute Gasteiger partial charge is 0.450 e. The first-order chi connectivity index (χ1) is 15.0. The lowest BCUT2D eigenvalue weighted by Gasteiger charge is -2.33. The highest BCUT2D eigenvalue weighted by molar-refractivity contribution is 5.94. The molecule has 1 saturated carbocycles. The van der Waals surface area contributed by atoms with Gasteiger partial charge in [-0.1, -0.05) is 19.3 Å². The first-order valence-electron chi connectivity index (χ1n) is 11.5. The third-order valence-corrected chi connectivity index (χ3v) is 6.48. The van der Waals surface area contributed by atoms with Crippen LogP contribution in [0.15, 0.2) is 18.2 Å². The predicted molar refractivity (Wildman–Crippen MR) is 120 cm³/mol. The van der Waals surface area contributed by atoms with Crippen LogP contribution in [0.5, 0.6) is 0 Å². The van der Waals surface area contributed by atoms with Crippen LogP contribution >= 0.6 is 0 Å². The van der Waals surface area contributed by atoms with Gasteiger partial charge in [-0.3, -0.25) is 9.69 Å². The average Bonchev–Trinajstić information content (AvgIpc) is 3.09. The second kappa shape index (κ2) is 9.68. The fourth-order valence-corrected chi connectivity index (χ4v) is 4.58. The molecule has 1 aromatic heterocycles. The normalized spacial score (nSPS) is 18.3. The minimum Gasteiger partial charge on any atom is -0.450 e. The van der Waals surface area contributed by atoms with Gasteiger partial charge >= 0.3 is 6.09 Å². The molecule has 1 aliphatic carbocycles. The summed E-state index contributed by atoms with van der Waals surface area (Å²) in [5, 5.41) is 3.09. The van der Waals surface area contributed by atoms with Crippen LogP contribution in [0.25, 0.3) is 11.0 Å². The van der Waals surface area contributed by atoms with Crippen LogP contribution in [0.1, 0.15) is 44.9 Å². The summed E-state index contributed by atoms with van der Waals surface area (Å²) in [5.74, 6) is 1.25. The molecule has 0 radical (unpaired) electrons. The minimum atomic E-state index is -0.229. The van der Waals surface area contributed by atoms with Crippen LogP contribution in [0.4, 0.5) is 10.5 Å². The molecule has 168 valence electrons. The van der Waals surface area contributed by atoms with E-state index >= 15 is 0 Å². The maximum absolute atomic E-state index is 12.6. The van der Waals surface area contributed by atoms with Crippen LogP contribution in [0.3, 0.4) is 0 Å². The summed E-state index contributed by atoms with van der Waals surface area (Å²) in [4.78, 5) is 33.4. The third-order valence-electron chi connectivity index (χ3n) is 6.48. The van der Waals surface area contributed by atoms with Gasteiger partial charge in [0.05, 0.1) is 24.2 Å². The van der Waals surface area contributed by atoms with Crippen molar-refractivity contribution in [3.05, 3.63) is 24.0 Å². The number of aromatic nitrogens is 2. The molecular weight excluding hydrogens is 394 g/mol. The first kappa shape index (κ1) is 21.6. The van der Waals surface area contributed by atoms with Gasteiger partial charge in [0.2, 0.25) is 5.91 Å². The molecular formula is C23H33N5O3. The smallest absolute Gasteiger partial charge is 0.409 e. The Labute approximate surface area is 183 Å². The zero-order valence-corrected chi connectivity index (χ0v) is 18.6. The van der Waals surface area contributed by atoms with E-state index in [-0.39, 0.29) is 17.9 Å². The predicted octanol–water partition coefficient (Wildman–Crippen LogP) is 3.37. The molecule has 4 rings (SSSR count). The number of fused-ring (bicyclic) bond motifs is 1. The SMILES string of the molecule is CCOC(=O)N1CCN(Cc2nc3cc(NC(=O)C4CCCCC4)ccc3n2C)CC1. The van der Waals surface area contributed by atoms with Crippen molar-refractivity contribution < 1.29 is 14.3 Å². The summed E-state index contributed by atoms with van der Waals surface area (Å²) in [5.41, 5.74) is 2.76. The van der Waals surface area contributed by atoms with E-state index in [0.717, 1.165) is 67.9 Å². The third kappa shape index (κ3) is 5.01. The van der Waals surface area contributed by atoms with Crippen molar-refractivity contribution in [1.82, 2.24) is 19.4 Å². The highest BCUT2D eigenvalue weighted by atomic mass is 16.6. The lowest BCUT2D eigenvalue weighted by Crippen LogP contribution is -2.48. The lowest BCUT2D eigenvalue weighted by atomic mass is 9.88. The van der Waals surface area contributed by atoms with Crippen molar-refractivity contribution in [2.24, 2.45) is 13.0 Å². The number of hydrogen-bond acceptors (Lipinski definition) is 5. The minimum absolute atomic E-state index is 0.134. The molecule has 0 bridgehead atoms. The molecule has 1 aliphatic heterocycles. The van der Waals surface area contributed by atoms with Gasteiger partial charge in [-0.25, -0.2) is 9.78 Å². The number of rotatable bonds is 5. The van der Waals surface area contributed by atoms with Gasteiger partial charge in [0.15, 0.2) is 0 Å². The first-order valence-corrected chi connectivity index (χ1v) is 11.5. The van der Waals surface area contributed by atoms with Gasteiger partial charge in [-0.2, -0.15) is 0 Å². The molecule has 1 aromatic carbocycles. The van der Waals surface area contributed by atoms with E-state index in [2.05, 4.69) is 14.8 Å². The number of amides is 2. The summed E-state index contributed by atoms with van der Waals surface area (Å²) in [7, 11) is 2.03. The van der Waals surface area contributed by atoms with E-state index < -0.39 is 0 Å². The summed E-state index contributed by atoms with van der Waals surface area (Å²) >= 11 is 0. The fraction of sp³-hybridized carbons (Fsp3) is 0.609. The van der Waals surface area contributed by atoms with Crippen molar-refractivity contribution >= 4 is 28.7 Å². The standard InChI is InChI=1S/C23H33N5O3/c1-3-31-23(30)28-13-11-27(12-14-28)16-21-25-19-15-18(9-10-20(19)26(21)2)24-22(29)17-7-5-4-6-8-17/h9-10,15,17H,3-8,11-14,16H2,1-2H3,(H,24,29). The molecule has 2 aliphatic rings. The fourth-order valence-electron chi connectivity index (χ4n) is 4.58. The molecule has 1 N–H and O–H groups in total. The number of nitrogens with one attached hydrogen (secondary N) is 1. The number of ether oxygens (including phenoxy) is 1. The number of carbonyl (C=O) groups is 2. The van der Waals surface area contributed by atoms with E-state index in [1.807, 2.05) is 32.2 Å². The number of hydrogen-bond donors (Lipinski definition) is 1. The molecule has 2 amide bonds. The number of aryl methyl sites for hydroxylation is 1. The summed E-state index contributed by atoms with van der Waals surface area (Å²) < 4.78 is 7.20. The van der Waals surface area contributed by atoms with Crippen molar-refractivity contribution in [3.8, 4) is 0 Å². The number of piperazine rings is 1. The summed E-state index contributed by atoms with van der Waals surface area (Å²) in [6, 6.07) is 5.96. The Balaban J connectivity index is 1.39. The summed E-state index contributed by atoms with van der Waals surface area (Å²) in [6.07, 6.45) is 5.29. The highest BCUT2D eigenvalue weighted by Gasteiger charge is 2.24. The number of benzene rings is 1. The molecule has 0 spiro atoms. The van der Waals surface area contributed by atoms with E-state index in [1.165, 1.54) is 6.42 Å². The Morgan fingerprint density at radius 1 is 1.13 bits per heavy atom. The molecule has 2 heterocycles. The van der Waals surface area contributed by atoms with Crippen molar-refractivity contribution in [2.75, 3.05) is 38.1 Å². The molecule has 0 unspecified atom stereocenters. The van der Waals surface area contributed by atoms with Crippen molar-refractivity contribution in [2.45, 2.75) is 45.6 Å². The highest BCUT2D eigenvalue weighted by Crippen LogP contribution is 2.26. The molecule has 2 aromatic rings. The van der Waals surface area contributed by atoms with Crippen LogP contribution in [-0.2, 0) is 23.1 Å². The zero-order chi connectivity index (χ0) is 21.8. The second-order valence-electron chi connectivity index (χ2n) is 8.58. The van der Waals surface area contributed by atoms with E-state index in [4.69, 9.17) is 9.72 Å². The van der Waals surface area contributed by atoms with Gasteiger partial charge in [0.25, 0.3) is 0 Å². The Morgan fingerprint density at radius 3 is 2.58 bits per heavy atom. The molecule has 1 saturated heterocycles. The van der Waals surface area contributed by atoms with E-state index in [0.29, 0.717) is 19.7 Å². The Morgan fingerprint density at radius 2 is 1.87 bits per heavy atom. The number of imidazole rings is 1. The second-order valence-corrected chi connectivity index (χ2v) is 8.58. The molecule has 2 fully saturated rings. The van der Waals surface area contributed by atoms with Gasteiger partial charge in [0.1, 0.15) is 5.82 Å². The summed E-state index contributed by atoms with van der Waals surface area (Å²) in [6.45, 7) is 5.88. The van der Waals surface area contributed by atoms with Crippen LogP contribution < -0.4 is 5.32 Å². The van der Waals surface area contributed by atoms with Crippen molar-refractivity contribution in [1.29, 1.82) is 0 Å². The van der Waals surface area contributed by atoms with Gasteiger partial charge in [-0.15, -0.1) is 0 Å². The molecule has 8 heteroatoms. The van der Waals surface area contributed by atoms with Gasteiger partial charge in [-0.05, 0) is 38.0 Å². The van der Waals surface area contributed by atoms with Crippen molar-refractivity contribution in [3.63, 3.8) is 0 Å². The van der Waals surface area contributed by atoms with Crippen LogP contribution in [0, 0.1) is 5.92 Å². The average molecular weight is 428 g/mol. The number of carbonyl (C=O) groups excluding carboxylic acids is 2. The molecule has 8 nitrogen and oxygen atoms in total. The number of anilines is 1. The van der Waals surface area contributed by atoms with Gasteiger partial charge < -0.3 is 19.5 Å². The van der Waals surface area contributed by atoms with Crippen LogP contribution in [-0.4, -0.2) is 64.1 Å². The topological polar surface area (TPSA) is 79.7 Å². The van der Waals surface area contributed by atoms with Crippen LogP contribution in [0.2, 0.25) is 0 Å². The van der Waals surface area contributed by atoms with E-state index in [1.54, 1.807) is 4.90 Å². The molecule has 0 atom stereocenters.